The molecule has 1 fully saturated rings. The van der Waals surface area contributed by atoms with Crippen LogP contribution in [0.5, 0.6) is 5.75 Å². The minimum Gasteiger partial charge on any atom is -0.493 e. The van der Waals surface area contributed by atoms with Crippen molar-refractivity contribution in [3.05, 3.63) is 122 Å². The van der Waals surface area contributed by atoms with Gasteiger partial charge >= 0.3 is 0 Å². The molecule has 43 heavy (non-hydrogen) atoms. The number of benzene rings is 4. The summed E-state index contributed by atoms with van der Waals surface area (Å²) in [7, 11) is -4.30. The Hall–Kier alpha value is -2.73. The van der Waals surface area contributed by atoms with Gasteiger partial charge in [0.1, 0.15) is 17.4 Å². The highest BCUT2D eigenvalue weighted by Gasteiger charge is 2.29. The van der Waals surface area contributed by atoms with Crippen LogP contribution in [0, 0.1) is 15.2 Å². The fourth-order valence-corrected chi connectivity index (χ4v) is 7.51. The second kappa shape index (κ2) is 14.4. The van der Waals surface area contributed by atoms with Crippen molar-refractivity contribution >= 4 is 49.9 Å². The van der Waals surface area contributed by atoms with Crippen LogP contribution in [0.25, 0.3) is 0 Å². The predicted molar refractivity (Wildman–Crippen MR) is 175 cm³/mol. The highest BCUT2D eigenvalue weighted by atomic mass is 127. The van der Waals surface area contributed by atoms with Gasteiger partial charge in [-0.15, -0.1) is 0 Å². The molecule has 0 bridgehead atoms. The number of hydrogen-bond donors (Lipinski definition) is 0. The number of para-hydroxylation sites is 1. The average molecular weight is 737 g/mol. The first-order chi connectivity index (χ1) is 20.7. The van der Waals surface area contributed by atoms with E-state index in [0.29, 0.717) is 29.0 Å². The van der Waals surface area contributed by atoms with Crippen molar-refractivity contribution in [2.24, 2.45) is 0 Å². The van der Waals surface area contributed by atoms with Crippen LogP contribution in [-0.2, 0) is 23.1 Å². The second-order valence-corrected chi connectivity index (χ2v) is 14.0. The third-order valence-electron chi connectivity index (χ3n) is 7.65. The topological polar surface area (TPSA) is 49.9 Å². The van der Waals surface area contributed by atoms with E-state index in [0.717, 1.165) is 54.9 Å². The Labute approximate surface area is 270 Å². The molecule has 1 saturated heterocycles. The lowest BCUT2D eigenvalue weighted by Crippen LogP contribution is -2.40. The fraction of sp³-hybridized carbons (Fsp3) is 0.273. The molecular formula is C33H32ClF2IN2O3S. The van der Waals surface area contributed by atoms with E-state index in [2.05, 4.69) is 51.8 Å². The summed E-state index contributed by atoms with van der Waals surface area (Å²) in [5.74, 6) is -1.11. The lowest BCUT2D eigenvalue weighted by atomic mass is 9.99. The van der Waals surface area contributed by atoms with Gasteiger partial charge in [0.25, 0.3) is 10.0 Å². The zero-order chi connectivity index (χ0) is 30.4. The third-order valence-corrected chi connectivity index (χ3v) is 10.7. The van der Waals surface area contributed by atoms with Gasteiger partial charge in [0.15, 0.2) is 0 Å². The first kappa shape index (κ1) is 31.7. The number of piperidine rings is 1. The average Bonchev–Trinajstić information content (AvgIpc) is 3.00. The molecular weight excluding hydrogens is 705 g/mol. The Morgan fingerprint density at radius 1 is 0.930 bits per heavy atom. The van der Waals surface area contributed by atoms with E-state index < -0.39 is 27.3 Å². The van der Waals surface area contributed by atoms with Crippen molar-refractivity contribution in [1.29, 1.82) is 0 Å². The number of rotatable bonds is 11. The molecule has 5 rings (SSSR count). The zero-order valence-corrected chi connectivity index (χ0v) is 27.2. The number of nitrogens with zero attached hydrogens (tertiary/aromatic N) is 2. The molecule has 0 amide bonds. The molecule has 4 aromatic rings. The van der Waals surface area contributed by atoms with Crippen LogP contribution in [0.2, 0.25) is 5.02 Å². The van der Waals surface area contributed by atoms with Crippen molar-refractivity contribution < 1.29 is 21.9 Å². The molecule has 226 valence electrons. The quantitative estimate of drug-likeness (QED) is 0.145. The van der Waals surface area contributed by atoms with E-state index in [1.807, 2.05) is 6.07 Å². The number of sulfonamides is 1. The van der Waals surface area contributed by atoms with Crippen molar-refractivity contribution in [1.82, 2.24) is 4.90 Å². The maximum absolute atomic E-state index is 15.0. The van der Waals surface area contributed by atoms with Gasteiger partial charge in [-0.3, -0.25) is 9.21 Å². The molecule has 1 aliphatic heterocycles. The van der Waals surface area contributed by atoms with E-state index in [1.165, 1.54) is 39.8 Å². The van der Waals surface area contributed by atoms with Gasteiger partial charge in [-0.25, -0.2) is 17.2 Å². The van der Waals surface area contributed by atoms with Crippen LogP contribution in [0.4, 0.5) is 14.5 Å². The maximum atomic E-state index is 15.0. The van der Waals surface area contributed by atoms with Crippen LogP contribution in [0.15, 0.2) is 95.9 Å². The highest BCUT2D eigenvalue weighted by Crippen LogP contribution is 2.32. The van der Waals surface area contributed by atoms with E-state index >= 15 is 4.39 Å². The Bertz CT molecular complexity index is 1660. The van der Waals surface area contributed by atoms with Gasteiger partial charge in [0.2, 0.25) is 0 Å². The van der Waals surface area contributed by atoms with E-state index in [4.69, 9.17) is 16.3 Å². The van der Waals surface area contributed by atoms with Gasteiger partial charge in [-0.2, -0.15) is 0 Å². The van der Waals surface area contributed by atoms with Gasteiger partial charge in [0, 0.05) is 32.8 Å². The van der Waals surface area contributed by atoms with Crippen molar-refractivity contribution in [3.8, 4) is 5.75 Å². The monoisotopic (exact) mass is 736 g/mol. The van der Waals surface area contributed by atoms with Crippen molar-refractivity contribution in [3.63, 3.8) is 0 Å². The lowest BCUT2D eigenvalue weighted by Gasteiger charge is -2.36. The standard InChI is InChI=1S/C33H32ClF2IN2O3S/c34-26-12-15-29(16-13-26)43(40,41)39(32-21-27(35)14-17-30(32)36)23-25-8-2-4-11-33(25)42-20-18-28-9-5-6-19-38(28)22-24-7-1-3-10-31(24)37/h1-4,7-8,10-17,21,28H,5-6,9,18-20,22-23H2. The molecule has 0 radical (unpaired) electrons. The Morgan fingerprint density at radius 2 is 1.65 bits per heavy atom. The number of halogens is 4. The van der Waals surface area contributed by atoms with Crippen LogP contribution in [-0.4, -0.2) is 32.5 Å². The van der Waals surface area contributed by atoms with E-state index in [-0.39, 0.29) is 11.4 Å². The molecule has 1 aliphatic rings. The summed E-state index contributed by atoms with van der Waals surface area (Å²) in [6.45, 7) is 2.09. The smallest absolute Gasteiger partial charge is 0.264 e. The predicted octanol–water partition coefficient (Wildman–Crippen LogP) is 8.44. The largest absolute Gasteiger partial charge is 0.493 e. The molecule has 10 heteroatoms. The minimum atomic E-state index is -4.30. The van der Waals surface area contributed by atoms with Crippen LogP contribution >= 0.6 is 34.2 Å². The third kappa shape index (κ3) is 7.87. The Morgan fingerprint density at radius 3 is 2.42 bits per heavy atom. The molecule has 1 atom stereocenters. The molecule has 0 N–H and O–H groups in total. The molecule has 0 aliphatic carbocycles. The summed E-state index contributed by atoms with van der Waals surface area (Å²) < 4.78 is 65.3. The SMILES string of the molecule is O=S(=O)(c1ccc(Cl)cc1)N(Cc1ccccc1OCCC1CCCCN1Cc1ccccc1I)c1cc(F)ccc1F. The normalized spacial score (nSPS) is 15.8. The van der Waals surface area contributed by atoms with Gasteiger partial charge in [-0.1, -0.05) is 54.4 Å². The molecule has 1 unspecified atom stereocenters. The van der Waals surface area contributed by atoms with E-state index in [9.17, 15) is 12.8 Å². The molecule has 4 aromatic carbocycles. The van der Waals surface area contributed by atoms with Crippen molar-refractivity contribution in [2.45, 2.75) is 49.7 Å². The molecule has 5 nitrogen and oxygen atoms in total. The van der Waals surface area contributed by atoms with Gasteiger partial charge in [0.05, 0.1) is 23.7 Å². The summed E-state index contributed by atoms with van der Waals surface area (Å²) in [6, 6.07) is 24.2. The number of hydrogen-bond acceptors (Lipinski definition) is 4. The number of ether oxygens (including phenoxy) is 1. The highest BCUT2D eigenvalue weighted by molar-refractivity contribution is 14.1. The summed E-state index contributed by atoms with van der Waals surface area (Å²) in [6.07, 6.45) is 4.22. The molecule has 0 spiro atoms. The van der Waals surface area contributed by atoms with Crippen LogP contribution in [0.1, 0.15) is 36.8 Å². The Kier molecular flexibility index (Phi) is 10.6. The minimum absolute atomic E-state index is 0.0931. The first-order valence-corrected chi connectivity index (χ1v) is 17.0. The number of likely N-dealkylation sites (tertiary alicyclic amines) is 1. The van der Waals surface area contributed by atoms with Gasteiger partial charge < -0.3 is 4.74 Å². The van der Waals surface area contributed by atoms with Crippen LogP contribution < -0.4 is 9.04 Å². The molecule has 0 aromatic heterocycles. The summed E-state index contributed by atoms with van der Waals surface area (Å²) in [5, 5.41) is 0.358. The summed E-state index contributed by atoms with van der Waals surface area (Å²) >= 11 is 8.36. The number of anilines is 1. The summed E-state index contributed by atoms with van der Waals surface area (Å²) in [4.78, 5) is 2.42. The second-order valence-electron chi connectivity index (χ2n) is 10.5. The van der Waals surface area contributed by atoms with E-state index in [1.54, 1.807) is 18.2 Å². The zero-order valence-electron chi connectivity index (χ0n) is 23.4. The lowest BCUT2D eigenvalue weighted by molar-refractivity contribution is 0.116. The van der Waals surface area contributed by atoms with Gasteiger partial charge in [-0.05, 0) is 102 Å². The van der Waals surface area contributed by atoms with Crippen molar-refractivity contribution in [2.75, 3.05) is 17.5 Å². The maximum Gasteiger partial charge on any atom is 0.264 e. The first-order valence-electron chi connectivity index (χ1n) is 14.1. The summed E-state index contributed by atoms with van der Waals surface area (Å²) in [5.41, 5.74) is 1.45. The molecule has 1 heterocycles. The van der Waals surface area contributed by atoms with Crippen LogP contribution in [0.3, 0.4) is 0 Å². The Balaban J connectivity index is 1.35. The fourth-order valence-electron chi connectivity index (χ4n) is 5.39. The molecule has 0 saturated carbocycles.